The molecule has 0 fully saturated rings. The van der Waals surface area contributed by atoms with Gasteiger partial charge in [0.25, 0.3) is 10.0 Å². The van der Waals surface area contributed by atoms with Crippen LogP contribution < -0.4 is 4.72 Å². The number of alkyl halides is 3. The molecule has 132 valence electrons. The minimum Gasteiger partial charge on any atom is -0.360 e. The Hall–Kier alpha value is -2.33. The second-order valence-electron chi connectivity index (χ2n) is 5.00. The third-order valence-electron chi connectivity index (χ3n) is 3.29. The topological polar surface area (TPSA) is 74.8 Å². The Labute approximate surface area is 143 Å². The number of pyridine rings is 1. The fraction of sp³-hybridized carbons (Fsp3) is 0.0714. The number of H-pyrrole nitrogens is 1. The summed E-state index contributed by atoms with van der Waals surface area (Å²) >= 11 is 5.81. The molecule has 2 aromatic heterocycles. The number of nitrogens with one attached hydrogen (secondary N) is 2. The number of hydrogen-bond donors (Lipinski definition) is 2. The van der Waals surface area contributed by atoms with Gasteiger partial charge in [-0.05, 0) is 24.3 Å². The molecule has 0 radical (unpaired) electrons. The monoisotopic (exact) mass is 393 g/mol. The highest BCUT2D eigenvalue weighted by Crippen LogP contribution is 2.31. The highest BCUT2D eigenvalue weighted by atomic mass is 35.5. The summed E-state index contributed by atoms with van der Waals surface area (Å²) in [5.74, 6) is -2.28. The quantitative estimate of drug-likeness (QED) is 0.656. The summed E-state index contributed by atoms with van der Waals surface area (Å²) < 4.78 is 78.0. The van der Waals surface area contributed by atoms with Crippen molar-refractivity contribution >= 4 is 38.3 Å². The van der Waals surface area contributed by atoms with Gasteiger partial charge in [-0.1, -0.05) is 11.6 Å². The number of nitrogens with zero attached hydrogens (tertiary/aromatic N) is 1. The van der Waals surface area contributed by atoms with Gasteiger partial charge in [0.05, 0.1) is 5.56 Å². The Bertz CT molecular complexity index is 1060. The average Bonchev–Trinajstić information content (AvgIpc) is 2.91. The van der Waals surface area contributed by atoms with Crippen LogP contribution in [0.1, 0.15) is 5.56 Å². The van der Waals surface area contributed by atoms with E-state index in [1.807, 2.05) is 4.72 Å². The van der Waals surface area contributed by atoms with Gasteiger partial charge in [-0.2, -0.15) is 13.2 Å². The van der Waals surface area contributed by atoms with Crippen molar-refractivity contribution < 1.29 is 26.0 Å². The molecule has 2 N–H and O–H groups in total. The molecule has 3 aromatic rings. The van der Waals surface area contributed by atoms with Crippen molar-refractivity contribution in [2.45, 2.75) is 11.1 Å². The smallest absolute Gasteiger partial charge is 0.360 e. The molecule has 0 bridgehead atoms. The number of aromatic amines is 1. The maximum Gasteiger partial charge on any atom is 0.417 e. The van der Waals surface area contributed by atoms with E-state index in [4.69, 9.17) is 11.6 Å². The number of halogens is 5. The van der Waals surface area contributed by atoms with Gasteiger partial charge >= 0.3 is 6.18 Å². The van der Waals surface area contributed by atoms with Crippen LogP contribution in [-0.2, 0) is 16.2 Å². The van der Waals surface area contributed by atoms with Gasteiger partial charge in [0.15, 0.2) is 11.6 Å². The molecule has 0 aliphatic heterocycles. The first-order valence-electron chi connectivity index (χ1n) is 6.60. The van der Waals surface area contributed by atoms with Gasteiger partial charge in [-0.25, -0.2) is 17.8 Å². The van der Waals surface area contributed by atoms with Crippen LogP contribution in [0, 0.1) is 5.82 Å². The molecule has 0 spiro atoms. The Morgan fingerprint density at radius 2 is 1.92 bits per heavy atom. The van der Waals surface area contributed by atoms with Crippen molar-refractivity contribution in [3.05, 3.63) is 53.1 Å². The Kier molecular flexibility index (Phi) is 4.12. The summed E-state index contributed by atoms with van der Waals surface area (Å²) in [6.45, 7) is 0. The van der Waals surface area contributed by atoms with Crippen LogP contribution in [-0.4, -0.2) is 18.4 Å². The maximum absolute atomic E-state index is 13.8. The third kappa shape index (κ3) is 3.40. The maximum atomic E-state index is 13.8. The summed E-state index contributed by atoms with van der Waals surface area (Å²) in [4.78, 5) is 5.69. The molecule has 25 heavy (non-hydrogen) atoms. The van der Waals surface area contributed by atoms with Crippen LogP contribution in [0.3, 0.4) is 0 Å². The Morgan fingerprint density at radius 1 is 1.20 bits per heavy atom. The molecular formula is C14H8ClF4N3O2S. The lowest BCUT2D eigenvalue weighted by atomic mass is 10.2. The first kappa shape index (κ1) is 17.5. The fourth-order valence-corrected chi connectivity index (χ4v) is 3.51. The van der Waals surface area contributed by atoms with Gasteiger partial charge in [-0.3, -0.25) is 4.72 Å². The van der Waals surface area contributed by atoms with Crippen molar-refractivity contribution in [2.24, 2.45) is 0 Å². The van der Waals surface area contributed by atoms with Gasteiger partial charge in [-0.15, -0.1) is 0 Å². The molecular weight excluding hydrogens is 386 g/mol. The number of anilines is 1. The van der Waals surface area contributed by atoms with Crippen molar-refractivity contribution in [3.8, 4) is 0 Å². The van der Waals surface area contributed by atoms with Crippen LogP contribution in [0.5, 0.6) is 0 Å². The summed E-state index contributed by atoms with van der Waals surface area (Å²) in [5, 5.41) is 0.658. The van der Waals surface area contributed by atoms with E-state index in [1.54, 1.807) is 0 Å². The van der Waals surface area contributed by atoms with E-state index >= 15 is 0 Å². The molecule has 2 heterocycles. The van der Waals surface area contributed by atoms with Crippen LogP contribution in [0.4, 0.5) is 23.4 Å². The van der Waals surface area contributed by atoms with E-state index in [9.17, 15) is 26.0 Å². The predicted octanol–water partition coefficient (Wildman–Crippen LogP) is 4.18. The van der Waals surface area contributed by atoms with E-state index in [0.29, 0.717) is 16.7 Å². The third-order valence-corrected chi connectivity index (χ3v) is 4.91. The highest BCUT2D eigenvalue weighted by molar-refractivity contribution is 7.93. The van der Waals surface area contributed by atoms with E-state index in [-0.39, 0.29) is 16.3 Å². The van der Waals surface area contributed by atoms with Crippen molar-refractivity contribution in [3.63, 3.8) is 0 Å². The first-order chi connectivity index (χ1) is 11.6. The van der Waals surface area contributed by atoms with Gasteiger partial charge in [0, 0.05) is 28.3 Å². The van der Waals surface area contributed by atoms with Gasteiger partial charge < -0.3 is 4.98 Å². The summed E-state index contributed by atoms with van der Waals surface area (Å²) in [7, 11) is -4.29. The largest absolute Gasteiger partial charge is 0.417 e. The molecule has 0 atom stereocenters. The molecule has 3 rings (SSSR count). The number of fused-ring (bicyclic) bond motifs is 1. The van der Waals surface area contributed by atoms with Crippen LogP contribution >= 0.6 is 11.6 Å². The molecule has 0 unspecified atom stereocenters. The van der Waals surface area contributed by atoms with E-state index in [0.717, 1.165) is 6.20 Å². The van der Waals surface area contributed by atoms with E-state index in [1.165, 1.54) is 18.2 Å². The van der Waals surface area contributed by atoms with Crippen molar-refractivity contribution in [1.29, 1.82) is 0 Å². The summed E-state index contributed by atoms with van der Waals surface area (Å²) in [6, 6.07) is 4.57. The fourth-order valence-electron chi connectivity index (χ4n) is 2.14. The molecule has 0 aliphatic carbocycles. The van der Waals surface area contributed by atoms with Gasteiger partial charge in [0.2, 0.25) is 0 Å². The lowest BCUT2D eigenvalue weighted by molar-refractivity contribution is -0.138. The second kappa shape index (κ2) is 5.88. The minimum absolute atomic E-state index is 0.167. The molecule has 0 saturated heterocycles. The SMILES string of the molecule is O=S(=O)(Nc1ncc(C(F)(F)F)cc1F)c1c[nH]c2cc(Cl)ccc12. The molecule has 1 aromatic carbocycles. The van der Waals surface area contributed by atoms with Crippen LogP contribution in [0.25, 0.3) is 10.9 Å². The van der Waals surface area contributed by atoms with E-state index < -0.39 is 33.4 Å². The Morgan fingerprint density at radius 3 is 2.56 bits per heavy atom. The molecule has 5 nitrogen and oxygen atoms in total. The predicted molar refractivity (Wildman–Crippen MR) is 83.3 cm³/mol. The zero-order valence-electron chi connectivity index (χ0n) is 12.0. The first-order valence-corrected chi connectivity index (χ1v) is 8.46. The average molecular weight is 394 g/mol. The van der Waals surface area contributed by atoms with Crippen LogP contribution in [0.15, 0.2) is 41.6 Å². The minimum atomic E-state index is -4.79. The molecule has 11 heteroatoms. The van der Waals surface area contributed by atoms with Gasteiger partial charge in [0.1, 0.15) is 4.90 Å². The van der Waals surface area contributed by atoms with Crippen LogP contribution in [0.2, 0.25) is 5.02 Å². The zero-order valence-corrected chi connectivity index (χ0v) is 13.6. The number of rotatable bonds is 3. The van der Waals surface area contributed by atoms with Crippen molar-refractivity contribution in [1.82, 2.24) is 9.97 Å². The molecule has 0 saturated carbocycles. The zero-order chi connectivity index (χ0) is 18.4. The summed E-state index contributed by atoms with van der Waals surface area (Å²) in [5.41, 5.74) is -0.900. The number of sulfonamides is 1. The lowest BCUT2D eigenvalue weighted by Gasteiger charge is -2.10. The number of hydrogen-bond acceptors (Lipinski definition) is 3. The van der Waals surface area contributed by atoms with E-state index in [2.05, 4.69) is 9.97 Å². The molecule has 0 amide bonds. The normalized spacial score (nSPS) is 12.5. The second-order valence-corrected chi connectivity index (χ2v) is 7.09. The van der Waals surface area contributed by atoms with Crippen molar-refractivity contribution in [2.75, 3.05) is 4.72 Å². The summed E-state index contributed by atoms with van der Waals surface area (Å²) in [6.07, 6.45) is -3.29. The number of aromatic nitrogens is 2. The highest BCUT2D eigenvalue weighted by Gasteiger charge is 2.32. The number of benzene rings is 1. The lowest BCUT2D eigenvalue weighted by Crippen LogP contribution is -2.16. The standard InChI is InChI=1S/C14H8ClF4N3O2S/c15-8-1-2-9-11(4-8)20-6-12(9)25(23,24)22-13-10(16)3-7(5-21-13)14(17,18)19/h1-6,20H,(H,21,22). The molecule has 0 aliphatic rings. The Balaban J connectivity index is 1.99.